The van der Waals surface area contributed by atoms with E-state index < -0.39 is 47.4 Å². The molecule has 2 aromatic rings. The minimum atomic E-state index is -4.99. The first-order valence-electron chi connectivity index (χ1n) is 13.4. The molecule has 12 heteroatoms. The van der Waals surface area contributed by atoms with Crippen LogP contribution in [0.3, 0.4) is 0 Å². The molecule has 0 spiro atoms. The van der Waals surface area contributed by atoms with E-state index in [0.717, 1.165) is 0 Å². The Balaban J connectivity index is 1.55. The smallest absolute Gasteiger partial charge is 0.370 e. The van der Waals surface area contributed by atoms with Gasteiger partial charge in [-0.1, -0.05) is 12.1 Å². The Morgan fingerprint density at radius 1 is 0.854 bits per heavy atom. The Kier molecular flexibility index (Phi) is 9.01. The topological polar surface area (TPSA) is 49.9 Å². The molecule has 2 fully saturated rings. The number of nitrogens with zero attached hydrogens (tertiary/aromatic N) is 2. The quantitative estimate of drug-likeness (QED) is 0.371. The van der Waals surface area contributed by atoms with Crippen molar-refractivity contribution in [2.75, 3.05) is 26.2 Å². The normalized spacial score (nSPS) is 21.6. The molecule has 3 unspecified atom stereocenters. The van der Waals surface area contributed by atoms with Crippen LogP contribution in [0.25, 0.3) is 0 Å². The van der Waals surface area contributed by atoms with Crippen molar-refractivity contribution in [3.8, 4) is 0 Å². The van der Waals surface area contributed by atoms with Crippen molar-refractivity contribution in [2.24, 2.45) is 5.92 Å². The molecule has 2 aromatic carbocycles. The van der Waals surface area contributed by atoms with Gasteiger partial charge in [0.25, 0.3) is 0 Å². The Labute approximate surface area is 233 Å². The number of ether oxygens (including phenoxy) is 1. The van der Waals surface area contributed by atoms with Crippen LogP contribution in [0, 0.1) is 11.7 Å². The van der Waals surface area contributed by atoms with E-state index in [1.807, 2.05) is 0 Å². The number of carbonyl (C=O) groups excluding carboxylic acids is 2. The number of carbonyl (C=O) groups is 2. The first-order valence-corrected chi connectivity index (χ1v) is 13.4. The van der Waals surface area contributed by atoms with Crippen molar-refractivity contribution in [1.82, 2.24) is 9.80 Å². The molecule has 224 valence electrons. The van der Waals surface area contributed by atoms with Gasteiger partial charge in [-0.2, -0.15) is 26.3 Å². The van der Waals surface area contributed by atoms with Crippen LogP contribution in [0.1, 0.15) is 67.4 Å². The van der Waals surface area contributed by atoms with E-state index in [9.17, 15) is 40.3 Å². The summed E-state index contributed by atoms with van der Waals surface area (Å²) in [6, 6.07) is 6.94. The maximum Gasteiger partial charge on any atom is 0.416 e. The maximum atomic E-state index is 13.7. The molecule has 4 rings (SSSR count). The van der Waals surface area contributed by atoms with Crippen LogP contribution in [0.4, 0.5) is 30.7 Å². The Bertz CT molecular complexity index is 1210. The Hall–Kier alpha value is -3.15. The fraction of sp³-hybridized carbons (Fsp3) is 0.517. The number of benzene rings is 2. The number of halogens is 7. The highest BCUT2D eigenvalue weighted by atomic mass is 19.4. The summed E-state index contributed by atoms with van der Waals surface area (Å²) >= 11 is 0. The summed E-state index contributed by atoms with van der Waals surface area (Å²) in [6.45, 7) is 4.27. The van der Waals surface area contributed by atoms with Crippen LogP contribution in [0.15, 0.2) is 42.5 Å². The van der Waals surface area contributed by atoms with Gasteiger partial charge in [0.15, 0.2) is 0 Å². The summed E-state index contributed by atoms with van der Waals surface area (Å²) in [5.74, 6) is -1.39. The van der Waals surface area contributed by atoms with E-state index in [1.54, 1.807) is 9.80 Å². The summed E-state index contributed by atoms with van der Waals surface area (Å²) < 4.78 is 100. The molecule has 0 aromatic heterocycles. The van der Waals surface area contributed by atoms with Crippen LogP contribution in [0.5, 0.6) is 0 Å². The molecule has 2 saturated heterocycles. The predicted molar refractivity (Wildman–Crippen MR) is 135 cm³/mol. The molecule has 3 atom stereocenters. The monoisotopic (exact) mass is 588 g/mol. The zero-order chi connectivity index (χ0) is 30.1. The number of likely N-dealkylation sites (tertiary alicyclic amines) is 2. The fourth-order valence-electron chi connectivity index (χ4n) is 5.58. The van der Waals surface area contributed by atoms with Crippen molar-refractivity contribution in [3.63, 3.8) is 0 Å². The summed E-state index contributed by atoms with van der Waals surface area (Å²) in [5, 5.41) is 0. The molecule has 0 bridgehead atoms. The van der Waals surface area contributed by atoms with Crippen LogP contribution < -0.4 is 0 Å². The molecule has 2 amide bonds. The van der Waals surface area contributed by atoms with E-state index in [1.165, 1.54) is 38.1 Å². The van der Waals surface area contributed by atoms with Crippen molar-refractivity contribution < 1.29 is 45.1 Å². The van der Waals surface area contributed by atoms with E-state index in [4.69, 9.17) is 4.74 Å². The van der Waals surface area contributed by atoms with Gasteiger partial charge in [0.1, 0.15) is 5.82 Å². The van der Waals surface area contributed by atoms with Crippen molar-refractivity contribution in [1.29, 1.82) is 0 Å². The first kappa shape index (κ1) is 30.8. The number of amides is 2. The van der Waals surface area contributed by atoms with Crippen molar-refractivity contribution in [2.45, 2.75) is 63.6 Å². The van der Waals surface area contributed by atoms with Crippen LogP contribution >= 0.6 is 0 Å². The number of hydrogen-bond acceptors (Lipinski definition) is 3. The highest BCUT2D eigenvalue weighted by molar-refractivity contribution is 5.80. The second kappa shape index (κ2) is 12.0. The third kappa shape index (κ3) is 7.38. The standard InChI is InChI=1S/C29H31F7N2O3/c1-17(21-13-22(28(31,32)33)15-23(14-21)29(34,35)36)41-26-9-12-38(16-25(26)19-3-5-24(30)6-4-19)27(40)20-7-10-37(11-8-20)18(2)39/h3-6,13-15,17,20,25-26H,7-12,16H2,1-2H3. The number of piperidine rings is 2. The molecule has 2 heterocycles. The molecule has 2 aliphatic rings. The SMILES string of the molecule is CC(=O)N1CCC(C(=O)N2CCC(OC(C)c3cc(C(F)(F)F)cc(C(F)(F)F)c3)C(c3ccc(F)cc3)C2)CC1. The van der Waals surface area contributed by atoms with Gasteiger partial charge in [0.2, 0.25) is 11.8 Å². The molecule has 2 aliphatic heterocycles. The molecular weight excluding hydrogens is 557 g/mol. The zero-order valence-corrected chi connectivity index (χ0v) is 22.6. The largest absolute Gasteiger partial charge is 0.416 e. The molecule has 0 radical (unpaired) electrons. The number of alkyl halides is 6. The lowest BCUT2D eigenvalue weighted by atomic mass is 9.86. The van der Waals surface area contributed by atoms with Crippen molar-refractivity contribution >= 4 is 11.8 Å². The molecular formula is C29H31F7N2O3. The average molecular weight is 589 g/mol. The average Bonchev–Trinajstić information content (AvgIpc) is 2.92. The van der Waals surface area contributed by atoms with Gasteiger partial charge in [-0.3, -0.25) is 9.59 Å². The minimum absolute atomic E-state index is 0.0533. The van der Waals surface area contributed by atoms with Gasteiger partial charge in [0, 0.05) is 44.9 Å². The van der Waals surface area contributed by atoms with Crippen LogP contribution in [0.2, 0.25) is 0 Å². The molecule has 5 nitrogen and oxygen atoms in total. The van der Waals surface area contributed by atoms with E-state index in [-0.39, 0.29) is 48.9 Å². The van der Waals surface area contributed by atoms with E-state index in [2.05, 4.69) is 0 Å². The first-order chi connectivity index (χ1) is 19.1. The molecule has 0 aliphatic carbocycles. The summed E-state index contributed by atoms with van der Waals surface area (Å²) in [6.07, 6.45) is -10.5. The third-order valence-electron chi connectivity index (χ3n) is 7.91. The van der Waals surface area contributed by atoms with Gasteiger partial charge in [0.05, 0.1) is 23.3 Å². The molecule has 41 heavy (non-hydrogen) atoms. The summed E-state index contributed by atoms with van der Waals surface area (Å²) in [5.41, 5.74) is -2.50. The number of hydrogen-bond donors (Lipinski definition) is 0. The lowest BCUT2D eigenvalue weighted by Crippen LogP contribution is -2.50. The summed E-state index contributed by atoms with van der Waals surface area (Å²) in [7, 11) is 0. The fourth-order valence-corrected chi connectivity index (χ4v) is 5.58. The van der Waals surface area contributed by atoms with Gasteiger partial charge >= 0.3 is 12.4 Å². The van der Waals surface area contributed by atoms with E-state index in [0.29, 0.717) is 43.6 Å². The maximum absolute atomic E-state index is 13.7. The highest BCUT2D eigenvalue weighted by Crippen LogP contribution is 2.40. The van der Waals surface area contributed by atoms with Crippen LogP contribution in [-0.2, 0) is 26.7 Å². The van der Waals surface area contributed by atoms with E-state index >= 15 is 0 Å². The number of rotatable bonds is 5. The van der Waals surface area contributed by atoms with Crippen molar-refractivity contribution in [3.05, 3.63) is 70.5 Å². The molecule has 0 saturated carbocycles. The highest BCUT2D eigenvalue weighted by Gasteiger charge is 2.40. The predicted octanol–water partition coefficient (Wildman–Crippen LogP) is 6.58. The zero-order valence-electron chi connectivity index (χ0n) is 22.6. The van der Waals surface area contributed by atoms with Gasteiger partial charge in [-0.15, -0.1) is 0 Å². The van der Waals surface area contributed by atoms with Gasteiger partial charge < -0.3 is 14.5 Å². The second-order valence-corrected chi connectivity index (χ2v) is 10.7. The minimum Gasteiger partial charge on any atom is -0.370 e. The lowest BCUT2D eigenvalue weighted by Gasteiger charge is -2.42. The summed E-state index contributed by atoms with van der Waals surface area (Å²) in [4.78, 5) is 28.4. The Morgan fingerprint density at radius 3 is 1.90 bits per heavy atom. The van der Waals surface area contributed by atoms with Gasteiger partial charge in [-0.25, -0.2) is 4.39 Å². The van der Waals surface area contributed by atoms with Crippen LogP contribution in [-0.4, -0.2) is 53.9 Å². The van der Waals surface area contributed by atoms with Gasteiger partial charge in [-0.05, 0) is 67.6 Å². The second-order valence-electron chi connectivity index (χ2n) is 10.7. The Morgan fingerprint density at radius 2 is 1.39 bits per heavy atom. The molecule has 0 N–H and O–H groups in total. The lowest BCUT2D eigenvalue weighted by molar-refractivity contribution is -0.143. The third-order valence-corrected chi connectivity index (χ3v) is 7.91.